The van der Waals surface area contributed by atoms with Gasteiger partial charge in [-0.3, -0.25) is 0 Å². The molecule has 10 heteroatoms. The molecule has 0 aromatic heterocycles. The number of likely N-dealkylation sites (N-methyl/N-ethyl adjacent to an activating group) is 1. The number of ether oxygens (including phenoxy) is 2. The summed E-state index contributed by atoms with van der Waals surface area (Å²) in [5.74, 6) is 0.0680. The van der Waals surface area contributed by atoms with Gasteiger partial charge < -0.3 is 25.0 Å². The molecule has 4 rings (SSSR count). The highest BCUT2D eigenvalue weighted by atomic mass is 19.4. The van der Waals surface area contributed by atoms with Crippen LogP contribution in [0.1, 0.15) is 30.4 Å². The Balaban J connectivity index is 1.47. The van der Waals surface area contributed by atoms with Crippen LogP contribution in [-0.2, 0) is 11.6 Å². The molecule has 1 heterocycles. The number of nitrogens with zero attached hydrogens (tertiary/aromatic N) is 1. The summed E-state index contributed by atoms with van der Waals surface area (Å²) >= 11 is 0. The van der Waals surface area contributed by atoms with Crippen molar-refractivity contribution in [1.29, 1.82) is 0 Å². The zero-order valence-electron chi connectivity index (χ0n) is 19.8. The lowest BCUT2D eigenvalue weighted by atomic mass is 9.63. The number of halogens is 4. The summed E-state index contributed by atoms with van der Waals surface area (Å²) in [6.45, 7) is 1.71. The third kappa shape index (κ3) is 4.89. The maximum Gasteiger partial charge on any atom is 0.419 e. The van der Waals surface area contributed by atoms with Crippen molar-refractivity contribution < 1.29 is 31.8 Å². The summed E-state index contributed by atoms with van der Waals surface area (Å²) in [6.07, 6.45) is -2.67. The minimum absolute atomic E-state index is 0.115. The number of likely N-dealkylation sites (tertiary alicyclic amines) is 1. The normalized spacial score (nSPS) is 24.5. The second-order valence-corrected chi connectivity index (χ2v) is 9.35. The van der Waals surface area contributed by atoms with Crippen LogP contribution in [0.2, 0.25) is 0 Å². The summed E-state index contributed by atoms with van der Waals surface area (Å²) in [5, 5.41) is 5.07. The van der Waals surface area contributed by atoms with Crippen molar-refractivity contribution >= 4 is 11.7 Å². The lowest BCUT2D eigenvalue weighted by molar-refractivity contribution is -0.139. The third-order valence-corrected chi connectivity index (χ3v) is 7.22. The molecule has 190 valence electrons. The second-order valence-electron chi connectivity index (χ2n) is 9.35. The summed E-state index contributed by atoms with van der Waals surface area (Å²) in [6, 6.07) is 7.88. The molecule has 2 aromatic carbocycles. The first-order valence-corrected chi connectivity index (χ1v) is 11.4. The van der Waals surface area contributed by atoms with Crippen molar-refractivity contribution in [3.8, 4) is 11.5 Å². The van der Waals surface area contributed by atoms with E-state index < -0.39 is 29.3 Å². The monoisotopic (exact) mass is 495 g/mol. The van der Waals surface area contributed by atoms with E-state index in [1.165, 1.54) is 0 Å². The molecule has 2 aromatic rings. The maximum atomic E-state index is 14.3. The number of rotatable bonds is 5. The van der Waals surface area contributed by atoms with Gasteiger partial charge in [0.25, 0.3) is 0 Å². The number of anilines is 1. The van der Waals surface area contributed by atoms with E-state index in [0.29, 0.717) is 30.4 Å². The van der Waals surface area contributed by atoms with Crippen LogP contribution < -0.4 is 20.1 Å². The second kappa shape index (κ2) is 9.56. The van der Waals surface area contributed by atoms with Gasteiger partial charge >= 0.3 is 12.2 Å². The summed E-state index contributed by atoms with van der Waals surface area (Å²) in [7, 11) is 5.26. The molecule has 35 heavy (non-hydrogen) atoms. The fraction of sp³-hybridized carbons (Fsp3) is 0.480. The number of nitrogens with one attached hydrogen (secondary N) is 2. The van der Waals surface area contributed by atoms with Crippen LogP contribution in [0.25, 0.3) is 0 Å². The van der Waals surface area contributed by atoms with Crippen LogP contribution in [0.3, 0.4) is 0 Å². The standard InChI is InChI=1S/C25H29F4N3O3/c1-32-13-16-11-17(30-23(33)31-19-6-4-5-18(22(19)26)25(27,28)29)9-10-24(16,14-32)15-7-8-20(34-2)21(12-15)35-3/h4-8,12,16-17H,9-11,13-14H2,1-3H3,(H2,30,31,33)/t16-,17-,24+/m1/s1. The number of hydrogen-bond donors (Lipinski definition) is 2. The molecule has 2 amide bonds. The van der Waals surface area contributed by atoms with Gasteiger partial charge in [0, 0.05) is 24.5 Å². The van der Waals surface area contributed by atoms with Crippen molar-refractivity contribution in [2.45, 2.75) is 36.9 Å². The van der Waals surface area contributed by atoms with Crippen LogP contribution in [0.15, 0.2) is 36.4 Å². The Bertz CT molecular complexity index is 1090. The lowest BCUT2D eigenvalue weighted by Gasteiger charge is -2.42. The van der Waals surface area contributed by atoms with Crippen LogP contribution in [0.4, 0.5) is 28.0 Å². The van der Waals surface area contributed by atoms with E-state index in [1.54, 1.807) is 14.2 Å². The van der Waals surface area contributed by atoms with Crippen LogP contribution in [0, 0.1) is 11.7 Å². The average Bonchev–Trinajstić information content (AvgIpc) is 3.15. The Morgan fingerprint density at radius 2 is 1.89 bits per heavy atom. The van der Waals surface area contributed by atoms with E-state index in [0.717, 1.165) is 37.2 Å². The fourth-order valence-electron chi connectivity index (χ4n) is 5.64. The van der Waals surface area contributed by atoms with Gasteiger partial charge in [-0.25, -0.2) is 9.18 Å². The van der Waals surface area contributed by atoms with Crippen LogP contribution in [0.5, 0.6) is 11.5 Å². The van der Waals surface area contributed by atoms with E-state index in [9.17, 15) is 22.4 Å². The lowest BCUT2D eigenvalue weighted by Crippen LogP contribution is -2.48. The quantitative estimate of drug-likeness (QED) is 0.571. The van der Waals surface area contributed by atoms with Gasteiger partial charge in [-0.2, -0.15) is 13.2 Å². The Kier molecular flexibility index (Phi) is 6.86. The van der Waals surface area contributed by atoms with Gasteiger partial charge in [0.1, 0.15) is 0 Å². The fourth-order valence-corrected chi connectivity index (χ4v) is 5.64. The van der Waals surface area contributed by atoms with Gasteiger partial charge in [-0.1, -0.05) is 12.1 Å². The van der Waals surface area contributed by atoms with E-state index in [4.69, 9.17) is 9.47 Å². The number of carbonyl (C=O) groups is 1. The molecule has 0 bridgehead atoms. The molecule has 6 nitrogen and oxygen atoms in total. The van der Waals surface area contributed by atoms with E-state index in [1.807, 2.05) is 12.1 Å². The molecule has 2 aliphatic rings. The molecule has 0 radical (unpaired) electrons. The number of urea groups is 1. The molecule has 1 saturated carbocycles. The Hall–Kier alpha value is -3.01. The average molecular weight is 496 g/mol. The molecule has 3 atom stereocenters. The largest absolute Gasteiger partial charge is 0.493 e. The highest BCUT2D eigenvalue weighted by Crippen LogP contribution is 2.49. The van der Waals surface area contributed by atoms with Crippen LogP contribution >= 0.6 is 0 Å². The zero-order valence-corrected chi connectivity index (χ0v) is 19.8. The van der Waals surface area contributed by atoms with Gasteiger partial charge in [0.2, 0.25) is 0 Å². The van der Waals surface area contributed by atoms with Gasteiger partial charge in [-0.05, 0) is 62.1 Å². The van der Waals surface area contributed by atoms with Crippen molar-refractivity contribution in [2.24, 2.45) is 5.92 Å². The predicted octanol–water partition coefficient (Wildman–Crippen LogP) is 5.04. The molecule has 0 spiro atoms. The summed E-state index contributed by atoms with van der Waals surface area (Å²) < 4.78 is 64.1. The SMILES string of the molecule is COc1ccc([C@@]23CC[C@@H](NC(=O)Nc4cccc(C(F)(F)F)c4F)C[C@@H]2CN(C)C3)cc1OC. The highest BCUT2D eigenvalue weighted by molar-refractivity contribution is 5.89. The van der Waals surface area contributed by atoms with Crippen molar-refractivity contribution in [1.82, 2.24) is 10.2 Å². The smallest absolute Gasteiger partial charge is 0.419 e. The number of methoxy groups -OCH3 is 2. The predicted molar refractivity (Wildman–Crippen MR) is 123 cm³/mol. The topological polar surface area (TPSA) is 62.8 Å². The first-order chi connectivity index (χ1) is 16.6. The summed E-state index contributed by atoms with van der Waals surface area (Å²) in [5.41, 5.74) is -0.885. The number of fused-ring (bicyclic) bond motifs is 1. The van der Waals surface area contributed by atoms with Crippen LogP contribution in [-0.4, -0.2) is 51.3 Å². The molecule has 0 unspecified atom stereocenters. The molecular weight excluding hydrogens is 466 g/mol. The van der Waals surface area contributed by atoms with Crippen molar-refractivity contribution in [2.75, 3.05) is 39.7 Å². The number of amides is 2. The van der Waals surface area contributed by atoms with Gasteiger partial charge in [0.15, 0.2) is 17.3 Å². The molecule has 2 fully saturated rings. The molecule has 1 aliphatic heterocycles. The first kappa shape index (κ1) is 25.1. The highest BCUT2D eigenvalue weighted by Gasteiger charge is 2.50. The first-order valence-electron chi connectivity index (χ1n) is 11.4. The third-order valence-electron chi connectivity index (χ3n) is 7.22. The molecule has 1 aliphatic carbocycles. The minimum Gasteiger partial charge on any atom is -0.493 e. The van der Waals surface area contributed by atoms with E-state index >= 15 is 0 Å². The minimum atomic E-state index is -4.84. The van der Waals surface area contributed by atoms with Gasteiger partial charge in [0.05, 0.1) is 25.5 Å². The number of alkyl halides is 3. The Morgan fingerprint density at radius 3 is 2.57 bits per heavy atom. The Morgan fingerprint density at radius 1 is 1.14 bits per heavy atom. The van der Waals surface area contributed by atoms with Crippen molar-refractivity contribution in [3.63, 3.8) is 0 Å². The zero-order chi connectivity index (χ0) is 25.4. The van der Waals surface area contributed by atoms with E-state index in [-0.39, 0.29) is 17.4 Å². The number of benzene rings is 2. The molecule has 2 N–H and O–H groups in total. The van der Waals surface area contributed by atoms with Gasteiger partial charge in [-0.15, -0.1) is 0 Å². The van der Waals surface area contributed by atoms with Crippen molar-refractivity contribution in [3.05, 3.63) is 53.3 Å². The molecule has 1 saturated heterocycles. The Labute approximate surface area is 201 Å². The maximum absolute atomic E-state index is 14.3. The molecular formula is C25H29F4N3O3. The number of carbonyl (C=O) groups excluding carboxylic acids is 1. The van der Waals surface area contributed by atoms with E-state index in [2.05, 4.69) is 28.6 Å². The number of hydrogen-bond acceptors (Lipinski definition) is 4. The summed E-state index contributed by atoms with van der Waals surface area (Å²) in [4.78, 5) is 14.8.